The van der Waals surface area contributed by atoms with Gasteiger partial charge in [0.1, 0.15) is 24.4 Å². The molecule has 0 aliphatic carbocycles. The van der Waals surface area contributed by atoms with Crippen molar-refractivity contribution in [1.29, 1.82) is 0 Å². The lowest BCUT2D eigenvalue weighted by Crippen LogP contribution is -2.35. The molecular weight excluding hydrogens is 442 g/mol. The van der Waals surface area contributed by atoms with E-state index in [-0.39, 0.29) is 24.6 Å². The van der Waals surface area contributed by atoms with Gasteiger partial charge in [-0.05, 0) is 43.4 Å². The Balaban J connectivity index is 1.53. The number of nitrogens with zero attached hydrogens (tertiary/aromatic N) is 5. The first-order valence-electron chi connectivity index (χ1n) is 11.4. The third-order valence-electron chi connectivity index (χ3n) is 5.70. The number of pyridine rings is 1. The van der Waals surface area contributed by atoms with Crippen LogP contribution in [0, 0.1) is 6.92 Å². The first kappa shape index (κ1) is 23.7. The van der Waals surface area contributed by atoms with Crippen molar-refractivity contribution in [3.8, 4) is 11.3 Å². The Morgan fingerprint density at radius 1 is 1.03 bits per heavy atom. The highest BCUT2D eigenvalue weighted by atomic mass is 16.2. The van der Waals surface area contributed by atoms with Crippen LogP contribution in [0.5, 0.6) is 0 Å². The lowest BCUT2D eigenvalue weighted by Gasteiger charge is -2.14. The number of rotatable bonds is 9. The van der Waals surface area contributed by atoms with Gasteiger partial charge in [-0.2, -0.15) is 0 Å². The number of carbonyl (C=O) groups excluding carboxylic acids is 1. The van der Waals surface area contributed by atoms with Crippen molar-refractivity contribution in [3.05, 3.63) is 100 Å². The van der Waals surface area contributed by atoms with Gasteiger partial charge in [0.2, 0.25) is 5.91 Å². The van der Waals surface area contributed by atoms with Crippen molar-refractivity contribution >= 4 is 11.7 Å². The van der Waals surface area contributed by atoms with E-state index in [9.17, 15) is 9.59 Å². The molecule has 0 bridgehead atoms. The molecule has 3 heterocycles. The van der Waals surface area contributed by atoms with Crippen LogP contribution in [0.25, 0.3) is 11.3 Å². The molecule has 9 nitrogen and oxygen atoms in total. The van der Waals surface area contributed by atoms with E-state index < -0.39 is 0 Å². The van der Waals surface area contributed by atoms with Gasteiger partial charge in [-0.15, -0.1) is 0 Å². The van der Waals surface area contributed by atoms with Crippen LogP contribution >= 0.6 is 0 Å². The van der Waals surface area contributed by atoms with Crippen LogP contribution in [-0.2, 0) is 30.7 Å². The van der Waals surface area contributed by atoms with Gasteiger partial charge in [0.05, 0.1) is 11.9 Å². The predicted octanol–water partition coefficient (Wildman–Crippen LogP) is 2.48. The standard InChI is InChI=1S/C26H27N7O2/c1-18-20(10-11-24(27)32-18)14-31-25(34)16-33-23(21-12-28-17-29-13-21)15-30-22(26(33)35)9-5-8-19-6-3-2-4-7-19/h2-4,6-7,10-13,15,17H,5,8-9,14,16H2,1H3,(H2,27,32)(H,31,34). The van der Waals surface area contributed by atoms with Gasteiger partial charge in [-0.3, -0.25) is 19.1 Å². The highest BCUT2D eigenvalue weighted by Crippen LogP contribution is 2.16. The molecule has 3 aromatic heterocycles. The number of anilines is 1. The number of nitrogens with two attached hydrogens (primary N) is 1. The maximum Gasteiger partial charge on any atom is 0.273 e. The van der Waals surface area contributed by atoms with E-state index in [1.807, 2.05) is 31.2 Å². The molecule has 0 saturated heterocycles. The quantitative estimate of drug-likeness (QED) is 0.385. The predicted molar refractivity (Wildman–Crippen MR) is 133 cm³/mol. The molecule has 9 heteroatoms. The van der Waals surface area contributed by atoms with E-state index in [1.165, 1.54) is 16.5 Å². The molecule has 1 amide bonds. The Morgan fingerprint density at radius 3 is 2.54 bits per heavy atom. The molecule has 0 fully saturated rings. The van der Waals surface area contributed by atoms with Crippen molar-refractivity contribution in [3.63, 3.8) is 0 Å². The lowest BCUT2D eigenvalue weighted by molar-refractivity contribution is -0.121. The molecule has 4 aromatic rings. The zero-order valence-electron chi connectivity index (χ0n) is 19.5. The van der Waals surface area contributed by atoms with E-state index in [0.717, 1.165) is 24.1 Å². The fraction of sp³-hybridized carbons (Fsp3) is 0.231. The number of nitrogen functional groups attached to an aromatic ring is 1. The summed E-state index contributed by atoms with van der Waals surface area (Å²) >= 11 is 0. The summed E-state index contributed by atoms with van der Waals surface area (Å²) in [4.78, 5) is 42.9. The van der Waals surface area contributed by atoms with Crippen molar-refractivity contribution in [2.24, 2.45) is 0 Å². The minimum absolute atomic E-state index is 0.154. The Kier molecular flexibility index (Phi) is 7.57. The van der Waals surface area contributed by atoms with Gasteiger partial charge < -0.3 is 11.1 Å². The average Bonchev–Trinajstić information content (AvgIpc) is 2.87. The third-order valence-corrected chi connectivity index (χ3v) is 5.70. The second kappa shape index (κ2) is 11.1. The third kappa shape index (κ3) is 6.14. The van der Waals surface area contributed by atoms with Crippen molar-refractivity contribution in [1.82, 2.24) is 29.8 Å². The molecule has 4 rings (SSSR count). The minimum atomic E-state index is -0.303. The van der Waals surface area contributed by atoms with Gasteiger partial charge in [0.15, 0.2) is 0 Å². The molecule has 0 atom stereocenters. The molecule has 0 aliphatic rings. The molecule has 1 aromatic carbocycles. The Bertz CT molecular complexity index is 1360. The van der Waals surface area contributed by atoms with Gasteiger partial charge in [0.25, 0.3) is 5.56 Å². The number of amides is 1. The van der Waals surface area contributed by atoms with Gasteiger partial charge in [0, 0.05) is 30.2 Å². The summed E-state index contributed by atoms with van der Waals surface area (Å²) < 4.78 is 1.44. The molecule has 0 saturated carbocycles. The fourth-order valence-corrected chi connectivity index (χ4v) is 3.81. The fourth-order valence-electron chi connectivity index (χ4n) is 3.81. The number of carbonyl (C=O) groups is 1. The second-order valence-electron chi connectivity index (χ2n) is 8.21. The molecule has 3 N–H and O–H groups in total. The summed E-state index contributed by atoms with van der Waals surface area (Å²) in [7, 11) is 0. The zero-order valence-corrected chi connectivity index (χ0v) is 19.5. The van der Waals surface area contributed by atoms with Gasteiger partial charge in [-0.25, -0.2) is 15.0 Å². The molecular formula is C26H27N7O2. The number of hydrogen-bond acceptors (Lipinski definition) is 7. The number of benzene rings is 1. The summed E-state index contributed by atoms with van der Waals surface area (Å²) in [6, 6.07) is 13.6. The molecule has 0 radical (unpaired) electrons. The van der Waals surface area contributed by atoms with E-state index in [2.05, 4.69) is 37.4 Å². The van der Waals surface area contributed by atoms with E-state index in [1.54, 1.807) is 24.7 Å². The number of aromatic nitrogens is 5. The van der Waals surface area contributed by atoms with Crippen LogP contribution in [0.4, 0.5) is 5.82 Å². The second-order valence-corrected chi connectivity index (χ2v) is 8.21. The summed E-state index contributed by atoms with van der Waals surface area (Å²) in [5.41, 5.74) is 9.74. The smallest absolute Gasteiger partial charge is 0.273 e. The first-order valence-corrected chi connectivity index (χ1v) is 11.4. The summed E-state index contributed by atoms with van der Waals surface area (Å²) in [6.45, 7) is 1.96. The number of aryl methyl sites for hydroxylation is 3. The summed E-state index contributed by atoms with van der Waals surface area (Å²) in [6.07, 6.45) is 8.33. The zero-order chi connectivity index (χ0) is 24.6. The van der Waals surface area contributed by atoms with E-state index in [4.69, 9.17) is 5.73 Å². The topological polar surface area (TPSA) is 129 Å². The van der Waals surface area contributed by atoms with E-state index in [0.29, 0.717) is 29.2 Å². The maximum absolute atomic E-state index is 13.4. The summed E-state index contributed by atoms with van der Waals surface area (Å²) in [5, 5.41) is 2.87. The Morgan fingerprint density at radius 2 is 1.80 bits per heavy atom. The van der Waals surface area contributed by atoms with Crippen LogP contribution in [0.1, 0.15) is 28.9 Å². The van der Waals surface area contributed by atoms with Gasteiger partial charge >= 0.3 is 0 Å². The Labute approximate surface area is 203 Å². The normalized spacial score (nSPS) is 10.8. The van der Waals surface area contributed by atoms with Crippen LogP contribution in [0.15, 0.2) is 72.2 Å². The van der Waals surface area contributed by atoms with Gasteiger partial charge in [-0.1, -0.05) is 36.4 Å². The summed E-state index contributed by atoms with van der Waals surface area (Å²) in [5.74, 6) is 0.123. The molecule has 35 heavy (non-hydrogen) atoms. The lowest BCUT2D eigenvalue weighted by atomic mass is 10.1. The van der Waals surface area contributed by atoms with Crippen LogP contribution in [0.3, 0.4) is 0 Å². The Hall–Kier alpha value is -4.40. The first-order chi connectivity index (χ1) is 17.0. The number of nitrogens with one attached hydrogen (secondary N) is 1. The largest absolute Gasteiger partial charge is 0.384 e. The minimum Gasteiger partial charge on any atom is -0.384 e. The van der Waals surface area contributed by atoms with Crippen molar-refractivity contribution < 1.29 is 4.79 Å². The molecule has 0 aliphatic heterocycles. The highest BCUT2D eigenvalue weighted by Gasteiger charge is 2.16. The van der Waals surface area contributed by atoms with Crippen LogP contribution < -0.4 is 16.6 Å². The average molecular weight is 470 g/mol. The molecule has 0 unspecified atom stereocenters. The molecule has 178 valence electrons. The SMILES string of the molecule is Cc1nc(N)ccc1CNC(=O)Cn1c(-c2cncnc2)cnc(CCCc2ccccc2)c1=O. The van der Waals surface area contributed by atoms with E-state index >= 15 is 0 Å². The highest BCUT2D eigenvalue weighted by molar-refractivity contribution is 5.76. The molecule has 0 spiro atoms. The monoisotopic (exact) mass is 469 g/mol. The van der Waals surface area contributed by atoms with Crippen molar-refractivity contribution in [2.45, 2.75) is 39.3 Å². The van der Waals surface area contributed by atoms with Crippen LogP contribution in [0.2, 0.25) is 0 Å². The van der Waals surface area contributed by atoms with Crippen LogP contribution in [-0.4, -0.2) is 30.4 Å². The maximum atomic E-state index is 13.4. The van der Waals surface area contributed by atoms with Crippen molar-refractivity contribution in [2.75, 3.05) is 5.73 Å². The number of hydrogen-bond donors (Lipinski definition) is 2.